The Morgan fingerprint density at radius 3 is 2.62 bits per heavy atom. The van der Waals surface area contributed by atoms with Crippen molar-refractivity contribution in [1.82, 2.24) is 5.32 Å². The molecule has 1 rings (SSSR count). The van der Waals surface area contributed by atoms with Crippen molar-refractivity contribution < 1.29 is 4.79 Å². The van der Waals surface area contributed by atoms with E-state index in [1.165, 1.54) is 0 Å². The Hall–Kier alpha value is -2.46. The molecule has 4 heteroatoms. The number of carbonyl (C=O) groups is 1. The van der Waals surface area contributed by atoms with Crippen molar-refractivity contribution in [2.45, 2.75) is 6.42 Å². The molecule has 0 saturated carbocycles. The lowest BCUT2D eigenvalue weighted by Crippen LogP contribution is -2.29. The van der Waals surface area contributed by atoms with Crippen LogP contribution < -0.4 is 10.6 Å². The summed E-state index contributed by atoms with van der Waals surface area (Å²) in [6.07, 6.45) is 5.55. The number of benzene rings is 1. The summed E-state index contributed by atoms with van der Waals surface area (Å²) in [7, 11) is 0. The van der Waals surface area contributed by atoms with Crippen molar-refractivity contribution in [2.24, 2.45) is 0 Å². The average molecular weight is 213 g/mol. The highest BCUT2D eigenvalue weighted by molar-refractivity contribution is 5.89. The van der Waals surface area contributed by atoms with Crippen LogP contribution in [0.2, 0.25) is 0 Å². The zero-order valence-electron chi connectivity index (χ0n) is 8.66. The third kappa shape index (κ3) is 3.73. The van der Waals surface area contributed by atoms with Gasteiger partial charge in [-0.3, -0.25) is 0 Å². The van der Waals surface area contributed by atoms with Crippen LogP contribution in [0.1, 0.15) is 12.0 Å². The Morgan fingerprint density at radius 2 is 2.06 bits per heavy atom. The van der Waals surface area contributed by atoms with Crippen LogP contribution in [0.25, 0.3) is 0 Å². The van der Waals surface area contributed by atoms with Gasteiger partial charge in [0.2, 0.25) is 0 Å². The number of nitrogens with one attached hydrogen (secondary N) is 2. The number of amides is 2. The fraction of sp³-hybridized carbons (Fsp3) is 0.167. The van der Waals surface area contributed by atoms with Crippen LogP contribution >= 0.6 is 0 Å². The predicted octanol–water partition coefficient (Wildman–Crippen LogP) is 1.70. The van der Waals surface area contributed by atoms with E-state index >= 15 is 0 Å². The van der Waals surface area contributed by atoms with Crippen LogP contribution in [0, 0.1) is 23.7 Å². The van der Waals surface area contributed by atoms with Gasteiger partial charge in [-0.2, -0.15) is 5.26 Å². The van der Waals surface area contributed by atoms with E-state index in [-0.39, 0.29) is 6.03 Å². The van der Waals surface area contributed by atoms with Gasteiger partial charge in [0, 0.05) is 18.7 Å². The zero-order valence-corrected chi connectivity index (χ0v) is 8.66. The fourth-order valence-corrected chi connectivity index (χ4v) is 1.05. The Balaban J connectivity index is 2.45. The van der Waals surface area contributed by atoms with Crippen LogP contribution in [-0.4, -0.2) is 12.6 Å². The zero-order chi connectivity index (χ0) is 11.8. The van der Waals surface area contributed by atoms with E-state index in [4.69, 9.17) is 11.7 Å². The number of carbonyl (C=O) groups excluding carboxylic acids is 1. The summed E-state index contributed by atoms with van der Waals surface area (Å²) in [6.45, 7) is 0.443. The van der Waals surface area contributed by atoms with E-state index in [9.17, 15) is 4.79 Å². The molecule has 0 unspecified atom stereocenters. The molecule has 2 N–H and O–H groups in total. The van der Waals surface area contributed by atoms with Gasteiger partial charge in [-0.1, -0.05) is 0 Å². The van der Waals surface area contributed by atoms with Crippen LogP contribution in [0.4, 0.5) is 10.5 Å². The lowest BCUT2D eigenvalue weighted by Gasteiger charge is -2.05. The number of nitrogens with zero attached hydrogens (tertiary/aromatic N) is 1. The van der Waals surface area contributed by atoms with Crippen molar-refractivity contribution in [3.63, 3.8) is 0 Å². The predicted molar refractivity (Wildman–Crippen MR) is 61.6 cm³/mol. The second-order valence-corrected chi connectivity index (χ2v) is 3.02. The van der Waals surface area contributed by atoms with Gasteiger partial charge in [-0.25, -0.2) is 4.79 Å². The molecule has 0 saturated heterocycles. The lowest BCUT2D eigenvalue weighted by molar-refractivity contribution is 0.252. The van der Waals surface area contributed by atoms with E-state index in [1.54, 1.807) is 24.3 Å². The maximum absolute atomic E-state index is 11.3. The second kappa shape index (κ2) is 6.10. The van der Waals surface area contributed by atoms with Crippen LogP contribution in [0.3, 0.4) is 0 Å². The molecule has 0 aliphatic carbocycles. The van der Waals surface area contributed by atoms with Gasteiger partial charge in [-0.15, -0.1) is 12.3 Å². The van der Waals surface area contributed by atoms with Crippen molar-refractivity contribution in [3.05, 3.63) is 29.8 Å². The number of hydrogen-bond acceptors (Lipinski definition) is 2. The molecule has 0 spiro atoms. The third-order valence-electron chi connectivity index (χ3n) is 1.83. The number of hydrogen-bond donors (Lipinski definition) is 2. The number of urea groups is 1. The number of terminal acetylenes is 1. The molecule has 16 heavy (non-hydrogen) atoms. The van der Waals surface area contributed by atoms with Gasteiger partial charge in [-0.05, 0) is 24.3 Å². The van der Waals surface area contributed by atoms with Crippen molar-refractivity contribution >= 4 is 11.7 Å². The number of rotatable bonds is 3. The first kappa shape index (κ1) is 11.6. The third-order valence-corrected chi connectivity index (χ3v) is 1.83. The minimum absolute atomic E-state index is 0.306. The smallest absolute Gasteiger partial charge is 0.319 e. The minimum atomic E-state index is -0.306. The molecule has 0 heterocycles. The van der Waals surface area contributed by atoms with Gasteiger partial charge >= 0.3 is 6.03 Å². The first-order valence-corrected chi connectivity index (χ1v) is 4.74. The highest BCUT2D eigenvalue weighted by Crippen LogP contribution is 2.08. The monoisotopic (exact) mass is 213 g/mol. The van der Waals surface area contributed by atoms with Crippen molar-refractivity contribution in [1.29, 1.82) is 5.26 Å². The minimum Gasteiger partial charge on any atom is -0.337 e. The summed E-state index contributed by atoms with van der Waals surface area (Å²) in [5.41, 5.74) is 1.19. The highest BCUT2D eigenvalue weighted by Gasteiger charge is 1.99. The van der Waals surface area contributed by atoms with Crippen LogP contribution in [-0.2, 0) is 0 Å². The topological polar surface area (TPSA) is 64.9 Å². The second-order valence-electron chi connectivity index (χ2n) is 3.02. The molecular formula is C12H11N3O. The fourth-order valence-electron chi connectivity index (χ4n) is 1.05. The molecule has 2 amide bonds. The summed E-state index contributed by atoms with van der Waals surface area (Å²) >= 11 is 0. The van der Waals surface area contributed by atoms with Crippen molar-refractivity contribution in [3.8, 4) is 18.4 Å². The van der Waals surface area contributed by atoms with Gasteiger partial charge < -0.3 is 10.6 Å². The maximum atomic E-state index is 11.3. The van der Waals surface area contributed by atoms with E-state index < -0.39 is 0 Å². The first-order valence-electron chi connectivity index (χ1n) is 4.74. The average Bonchev–Trinajstić information content (AvgIpc) is 2.30. The van der Waals surface area contributed by atoms with Gasteiger partial charge in [0.15, 0.2) is 0 Å². The Labute approximate surface area is 94.3 Å². The van der Waals surface area contributed by atoms with Crippen molar-refractivity contribution in [2.75, 3.05) is 11.9 Å². The van der Waals surface area contributed by atoms with Crippen LogP contribution in [0.15, 0.2) is 24.3 Å². The Bertz CT molecular complexity index is 437. The van der Waals surface area contributed by atoms with Gasteiger partial charge in [0.1, 0.15) is 0 Å². The molecule has 0 aromatic heterocycles. The van der Waals surface area contributed by atoms with E-state index in [0.717, 1.165) is 0 Å². The SMILES string of the molecule is C#CCCNC(=O)Nc1ccc(C#N)cc1. The Kier molecular flexibility index (Phi) is 4.43. The number of anilines is 1. The van der Waals surface area contributed by atoms with Crippen LogP contribution in [0.5, 0.6) is 0 Å². The lowest BCUT2D eigenvalue weighted by atomic mass is 10.2. The summed E-state index contributed by atoms with van der Waals surface area (Å²) in [5.74, 6) is 2.42. The summed E-state index contributed by atoms with van der Waals surface area (Å²) in [4.78, 5) is 11.3. The molecule has 0 bridgehead atoms. The van der Waals surface area contributed by atoms with Gasteiger partial charge in [0.05, 0.1) is 11.6 Å². The molecule has 0 fully saturated rings. The molecule has 0 radical (unpaired) electrons. The van der Waals surface area contributed by atoms with Gasteiger partial charge in [0.25, 0.3) is 0 Å². The summed E-state index contributed by atoms with van der Waals surface area (Å²) in [5, 5.41) is 13.8. The molecule has 1 aromatic rings. The highest BCUT2D eigenvalue weighted by atomic mass is 16.2. The maximum Gasteiger partial charge on any atom is 0.319 e. The summed E-state index contributed by atoms with van der Waals surface area (Å²) < 4.78 is 0. The summed E-state index contributed by atoms with van der Waals surface area (Å²) in [6, 6.07) is 8.30. The number of nitriles is 1. The molecule has 4 nitrogen and oxygen atoms in total. The van der Waals surface area contributed by atoms with E-state index in [1.807, 2.05) is 6.07 Å². The normalized spacial score (nSPS) is 8.62. The quantitative estimate of drug-likeness (QED) is 0.593. The standard InChI is InChI=1S/C12H11N3O/c1-2-3-8-14-12(16)15-11-6-4-10(9-13)5-7-11/h1,4-7H,3,8H2,(H2,14,15,16). The van der Waals surface area contributed by atoms with E-state index in [0.29, 0.717) is 24.2 Å². The first-order chi connectivity index (χ1) is 7.76. The molecule has 0 aliphatic rings. The molecular weight excluding hydrogens is 202 g/mol. The Morgan fingerprint density at radius 1 is 1.38 bits per heavy atom. The largest absolute Gasteiger partial charge is 0.337 e. The molecule has 0 atom stereocenters. The molecule has 1 aromatic carbocycles. The van der Waals surface area contributed by atoms with E-state index in [2.05, 4.69) is 16.6 Å². The molecule has 0 aliphatic heterocycles. The molecule has 80 valence electrons.